The third-order valence-corrected chi connectivity index (χ3v) is 4.66. The fraction of sp³-hybridized carbons (Fsp3) is 0.462. The molecule has 1 saturated heterocycles. The Kier molecular flexibility index (Phi) is 3.80. The molecule has 5 heteroatoms. The average Bonchev–Trinajstić information content (AvgIpc) is 2.32. The lowest BCUT2D eigenvalue weighted by molar-refractivity contribution is 0.0687. The van der Waals surface area contributed by atoms with Gasteiger partial charge in [0.05, 0.1) is 5.56 Å². The van der Waals surface area contributed by atoms with E-state index in [2.05, 4.69) is 22.9 Å². The molecule has 0 aromatic heterocycles. The van der Waals surface area contributed by atoms with E-state index in [0.29, 0.717) is 23.8 Å². The molecular weight excluding hydrogens is 298 g/mol. The van der Waals surface area contributed by atoms with Gasteiger partial charge in [0.25, 0.3) is 5.91 Å². The Morgan fingerprint density at radius 1 is 1.44 bits per heavy atom. The fourth-order valence-electron chi connectivity index (χ4n) is 2.17. The van der Waals surface area contributed by atoms with Crippen LogP contribution in [0.1, 0.15) is 23.7 Å². The topological polar surface area (TPSA) is 60.8 Å². The summed E-state index contributed by atoms with van der Waals surface area (Å²) in [5, 5.41) is 18.9. The number of carbonyl (C=O) groups excluding carboxylic acids is 1. The Labute approximate surface area is 114 Å². The van der Waals surface area contributed by atoms with Crippen LogP contribution in [0.2, 0.25) is 0 Å². The minimum Gasteiger partial charge on any atom is -0.508 e. The molecule has 1 aromatic carbocycles. The van der Waals surface area contributed by atoms with E-state index < -0.39 is 0 Å². The molecule has 1 fully saturated rings. The van der Waals surface area contributed by atoms with Crippen molar-refractivity contribution in [3.05, 3.63) is 23.8 Å². The highest BCUT2D eigenvalue weighted by Gasteiger charge is 2.28. The van der Waals surface area contributed by atoms with Crippen LogP contribution in [0.3, 0.4) is 0 Å². The van der Waals surface area contributed by atoms with E-state index in [0.717, 1.165) is 6.42 Å². The van der Waals surface area contributed by atoms with Gasteiger partial charge in [0.1, 0.15) is 11.5 Å². The first-order valence-corrected chi connectivity index (χ1v) is 6.86. The minimum absolute atomic E-state index is 0.0448. The standard InChI is InChI=1S/C13H16BrNO3/c1-8-7-15(5-4-11(8)14)13(18)10-3-2-9(16)6-12(10)17/h2-3,6,8,11,16-17H,4-5,7H2,1H3. The lowest BCUT2D eigenvalue weighted by Gasteiger charge is -2.34. The Hall–Kier alpha value is -1.23. The molecule has 18 heavy (non-hydrogen) atoms. The Morgan fingerprint density at radius 2 is 2.17 bits per heavy atom. The number of nitrogens with zero attached hydrogens (tertiary/aromatic N) is 1. The Balaban J connectivity index is 2.16. The number of hydrogen-bond donors (Lipinski definition) is 2. The lowest BCUT2D eigenvalue weighted by Crippen LogP contribution is -2.43. The summed E-state index contributed by atoms with van der Waals surface area (Å²) in [5.41, 5.74) is 0.244. The number of rotatable bonds is 1. The van der Waals surface area contributed by atoms with Crippen LogP contribution in [0.25, 0.3) is 0 Å². The summed E-state index contributed by atoms with van der Waals surface area (Å²) in [7, 11) is 0. The SMILES string of the molecule is CC1CN(C(=O)c2ccc(O)cc2O)CCC1Br. The monoisotopic (exact) mass is 313 g/mol. The summed E-state index contributed by atoms with van der Waals surface area (Å²) in [6, 6.07) is 4.05. The molecule has 0 radical (unpaired) electrons. The van der Waals surface area contributed by atoms with Crippen molar-refractivity contribution < 1.29 is 15.0 Å². The van der Waals surface area contributed by atoms with Gasteiger partial charge in [-0.15, -0.1) is 0 Å². The van der Waals surface area contributed by atoms with Crippen LogP contribution in [0.15, 0.2) is 18.2 Å². The normalized spacial score (nSPS) is 24.0. The highest BCUT2D eigenvalue weighted by atomic mass is 79.9. The van der Waals surface area contributed by atoms with Crippen molar-refractivity contribution in [1.82, 2.24) is 4.90 Å². The fourth-order valence-corrected chi connectivity index (χ4v) is 2.54. The molecule has 98 valence electrons. The zero-order chi connectivity index (χ0) is 13.3. The van der Waals surface area contributed by atoms with Crippen LogP contribution < -0.4 is 0 Å². The van der Waals surface area contributed by atoms with Crippen LogP contribution in [-0.2, 0) is 0 Å². The summed E-state index contributed by atoms with van der Waals surface area (Å²) in [4.78, 5) is 14.4. The van der Waals surface area contributed by atoms with Crippen molar-refractivity contribution in [2.75, 3.05) is 13.1 Å². The van der Waals surface area contributed by atoms with Crippen molar-refractivity contribution in [2.45, 2.75) is 18.2 Å². The first kappa shape index (κ1) is 13.2. The molecule has 2 atom stereocenters. The van der Waals surface area contributed by atoms with E-state index in [-0.39, 0.29) is 23.0 Å². The molecule has 0 spiro atoms. The first-order chi connectivity index (χ1) is 8.49. The molecule has 1 heterocycles. The third kappa shape index (κ3) is 2.61. The van der Waals surface area contributed by atoms with Gasteiger partial charge in [-0.05, 0) is 24.5 Å². The third-order valence-electron chi connectivity index (χ3n) is 3.30. The highest BCUT2D eigenvalue weighted by Crippen LogP contribution is 2.28. The van der Waals surface area contributed by atoms with Gasteiger partial charge in [0.15, 0.2) is 0 Å². The van der Waals surface area contributed by atoms with Crippen LogP contribution in [0, 0.1) is 5.92 Å². The highest BCUT2D eigenvalue weighted by molar-refractivity contribution is 9.09. The van der Waals surface area contributed by atoms with Crippen LogP contribution in [0.5, 0.6) is 11.5 Å². The summed E-state index contributed by atoms with van der Waals surface area (Å²) in [5.74, 6) is -0.00842. The number of benzene rings is 1. The molecular formula is C13H16BrNO3. The molecule has 1 aliphatic heterocycles. The quantitative estimate of drug-likeness (QED) is 0.782. The molecule has 2 N–H and O–H groups in total. The molecule has 2 rings (SSSR count). The Morgan fingerprint density at radius 3 is 2.78 bits per heavy atom. The van der Waals surface area contributed by atoms with Crippen molar-refractivity contribution in [2.24, 2.45) is 5.92 Å². The zero-order valence-electron chi connectivity index (χ0n) is 10.1. The summed E-state index contributed by atoms with van der Waals surface area (Å²) >= 11 is 3.59. The van der Waals surface area contributed by atoms with E-state index in [1.165, 1.54) is 18.2 Å². The van der Waals surface area contributed by atoms with E-state index in [9.17, 15) is 15.0 Å². The predicted molar refractivity (Wildman–Crippen MR) is 72.2 cm³/mol. The Bertz CT molecular complexity index is 464. The summed E-state index contributed by atoms with van der Waals surface area (Å²) < 4.78 is 0. The number of hydrogen-bond acceptors (Lipinski definition) is 3. The number of aromatic hydroxyl groups is 2. The van der Waals surface area contributed by atoms with E-state index in [1.807, 2.05) is 0 Å². The number of carbonyl (C=O) groups is 1. The van der Waals surface area contributed by atoms with Crippen LogP contribution in [-0.4, -0.2) is 38.9 Å². The average molecular weight is 314 g/mol. The van der Waals surface area contributed by atoms with E-state index in [4.69, 9.17) is 0 Å². The molecule has 0 aliphatic carbocycles. The number of phenolic OH excluding ortho intramolecular Hbond substituents is 2. The van der Waals surface area contributed by atoms with Gasteiger partial charge in [-0.1, -0.05) is 22.9 Å². The second-order valence-electron chi connectivity index (χ2n) is 4.73. The zero-order valence-corrected chi connectivity index (χ0v) is 11.7. The number of alkyl halides is 1. The lowest BCUT2D eigenvalue weighted by atomic mass is 9.99. The summed E-state index contributed by atoms with van der Waals surface area (Å²) in [6.07, 6.45) is 0.908. The molecule has 1 aromatic rings. The number of piperidine rings is 1. The number of halogens is 1. The molecule has 4 nitrogen and oxygen atoms in total. The maximum absolute atomic E-state index is 12.3. The largest absolute Gasteiger partial charge is 0.508 e. The van der Waals surface area contributed by atoms with E-state index in [1.54, 1.807) is 4.90 Å². The predicted octanol–water partition coefficient (Wildman–Crippen LogP) is 2.34. The molecule has 0 saturated carbocycles. The number of phenols is 2. The smallest absolute Gasteiger partial charge is 0.257 e. The second-order valence-corrected chi connectivity index (χ2v) is 5.91. The van der Waals surface area contributed by atoms with Crippen molar-refractivity contribution in [1.29, 1.82) is 0 Å². The number of likely N-dealkylation sites (tertiary alicyclic amines) is 1. The van der Waals surface area contributed by atoms with Gasteiger partial charge in [0.2, 0.25) is 0 Å². The van der Waals surface area contributed by atoms with Crippen LogP contribution in [0.4, 0.5) is 0 Å². The summed E-state index contributed by atoms with van der Waals surface area (Å²) in [6.45, 7) is 3.45. The maximum Gasteiger partial charge on any atom is 0.257 e. The molecule has 1 amide bonds. The minimum atomic E-state index is -0.182. The number of amides is 1. The van der Waals surface area contributed by atoms with Crippen LogP contribution >= 0.6 is 15.9 Å². The van der Waals surface area contributed by atoms with Gasteiger partial charge in [0, 0.05) is 24.0 Å². The maximum atomic E-state index is 12.3. The van der Waals surface area contributed by atoms with Gasteiger partial charge in [-0.25, -0.2) is 0 Å². The molecule has 1 aliphatic rings. The van der Waals surface area contributed by atoms with Crippen molar-refractivity contribution >= 4 is 21.8 Å². The molecule has 2 unspecified atom stereocenters. The van der Waals surface area contributed by atoms with Gasteiger partial charge in [-0.2, -0.15) is 0 Å². The van der Waals surface area contributed by atoms with Crippen molar-refractivity contribution in [3.63, 3.8) is 0 Å². The van der Waals surface area contributed by atoms with Gasteiger partial charge >= 0.3 is 0 Å². The van der Waals surface area contributed by atoms with Crippen molar-refractivity contribution in [3.8, 4) is 11.5 Å². The van der Waals surface area contributed by atoms with E-state index >= 15 is 0 Å². The van der Waals surface area contributed by atoms with Gasteiger partial charge < -0.3 is 15.1 Å². The molecule has 0 bridgehead atoms. The van der Waals surface area contributed by atoms with Gasteiger partial charge in [-0.3, -0.25) is 4.79 Å². The first-order valence-electron chi connectivity index (χ1n) is 5.94. The second kappa shape index (κ2) is 5.18.